The third kappa shape index (κ3) is 8.62. The van der Waals surface area contributed by atoms with Crippen LogP contribution >= 0.6 is 0 Å². The summed E-state index contributed by atoms with van der Waals surface area (Å²) in [5.74, 6) is 1.75. The second-order valence-electron chi connectivity index (χ2n) is 12.1. The molecule has 4 atom stereocenters. The number of esters is 2. The summed E-state index contributed by atoms with van der Waals surface area (Å²) in [6.45, 7) is 7.64. The molecular formula is C34H40N4O10. The fraction of sp³-hybridized carbons (Fsp3) is 0.441. The molecular weight excluding hydrogens is 624 g/mol. The molecule has 0 unspecified atom stereocenters. The Labute approximate surface area is 278 Å². The van der Waals surface area contributed by atoms with E-state index in [1.807, 2.05) is 11.0 Å². The number of carbonyl (C=O) groups excluding carboxylic acids is 3. The van der Waals surface area contributed by atoms with Gasteiger partial charge in [-0.2, -0.15) is 0 Å². The van der Waals surface area contributed by atoms with E-state index >= 15 is 0 Å². The van der Waals surface area contributed by atoms with Gasteiger partial charge in [-0.05, 0) is 89.6 Å². The van der Waals surface area contributed by atoms with Crippen LogP contribution in [0.5, 0.6) is 11.5 Å². The molecule has 0 spiro atoms. The minimum Gasteiger partial charge on any atom is -0.490 e. The number of likely N-dealkylation sites (tertiary alicyclic amines) is 1. The van der Waals surface area contributed by atoms with Crippen molar-refractivity contribution in [2.75, 3.05) is 40.4 Å². The van der Waals surface area contributed by atoms with Crippen LogP contribution in [0, 0.1) is 43.9 Å². The van der Waals surface area contributed by atoms with Crippen molar-refractivity contribution in [2.45, 2.75) is 33.6 Å². The summed E-state index contributed by atoms with van der Waals surface area (Å²) in [7, 11) is 2.91. The number of carbonyl (C=O) groups is 3. The minimum absolute atomic E-state index is 0.0201. The second kappa shape index (κ2) is 15.7. The molecule has 14 heteroatoms. The van der Waals surface area contributed by atoms with Crippen LogP contribution in [0.2, 0.25) is 0 Å². The van der Waals surface area contributed by atoms with Gasteiger partial charge in [0, 0.05) is 52.5 Å². The Morgan fingerprint density at radius 2 is 1.25 bits per heavy atom. The summed E-state index contributed by atoms with van der Waals surface area (Å²) < 4.78 is 14.2. The number of benzene rings is 2. The highest BCUT2D eigenvalue weighted by molar-refractivity contribution is 5.82. The number of nitro benzene ring substituents is 2. The monoisotopic (exact) mass is 664 g/mol. The molecule has 2 aliphatic heterocycles. The summed E-state index contributed by atoms with van der Waals surface area (Å²) in [5.41, 5.74) is 4.47. The number of nitrogens with one attached hydrogen (secondary N) is 1. The van der Waals surface area contributed by atoms with E-state index in [0.29, 0.717) is 29.4 Å². The number of hydrogen-bond acceptors (Lipinski definition) is 11. The van der Waals surface area contributed by atoms with Crippen LogP contribution in [0.3, 0.4) is 0 Å². The first kappa shape index (κ1) is 35.7. The lowest BCUT2D eigenvalue weighted by Gasteiger charge is -2.14. The number of hydrogen-bond donors (Lipinski definition) is 1. The Bertz CT molecular complexity index is 1640. The van der Waals surface area contributed by atoms with Crippen molar-refractivity contribution in [3.63, 3.8) is 0 Å². The van der Waals surface area contributed by atoms with E-state index in [4.69, 9.17) is 9.47 Å². The van der Waals surface area contributed by atoms with Crippen molar-refractivity contribution in [3.8, 4) is 11.5 Å². The van der Waals surface area contributed by atoms with E-state index in [0.717, 1.165) is 50.1 Å². The SMILES string of the molecule is CC(=O)OC(C)=O.COc1cc(C2=C[C@@H]3CN(C(C)=O)C[C@@H]3C2)ccc1[N+](=O)[O-].COc1cc(C2=C[C@@H]3CNC[C@@H]3C2)ccc1[N+](=O)[O-]. The largest absolute Gasteiger partial charge is 0.490 e. The molecule has 2 aromatic rings. The molecule has 0 aromatic heterocycles. The Morgan fingerprint density at radius 1 is 0.750 bits per heavy atom. The quantitative estimate of drug-likeness (QED) is 0.194. The third-order valence-corrected chi connectivity index (χ3v) is 8.91. The number of amides is 1. The van der Waals surface area contributed by atoms with Crippen molar-refractivity contribution in [1.29, 1.82) is 0 Å². The van der Waals surface area contributed by atoms with E-state index in [1.165, 1.54) is 51.3 Å². The number of methoxy groups -OCH3 is 2. The summed E-state index contributed by atoms with van der Waals surface area (Å²) in [6.07, 6.45) is 6.44. The first-order valence-corrected chi connectivity index (χ1v) is 15.5. The second-order valence-corrected chi connectivity index (χ2v) is 12.1. The first-order chi connectivity index (χ1) is 22.8. The van der Waals surface area contributed by atoms with Crippen molar-refractivity contribution in [2.24, 2.45) is 23.7 Å². The average molecular weight is 665 g/mol. The minimum atomic E-state index is -0.562. The normalized spacial score (nSPS) is 21.6. The van der Waals surface area contributed by atoms with Crippen LogP contribution in [-0.2, 0) is 19.1 Å². The molecule has 2 fully saturated rings. The van der Waals surface area contributed by atoms with Gasteiger partial charge in [0.25, 0.3) is 0 Å². The highest BCUT2D eigenvalue weighted by atomic mass is 16.6. The number of nitro groups is 2. The smallest absolute Gasteiger partial charge is 0.310 e. The zero-order valence-electron chi connectivity index (χ0n) is 27.6. The Balaban J connectivity index is 0.000000183. The highest BCUT2D eigenvalue weighted by Gasteiger charge is 2.37. The summed E-state index contributed by atoms with van der Waals surface area (Å²) in [6, 6.07) is 10.1. The fourth-order valence-electron chi connectivity index (χ4n) is 6.64. The van der Waals surface area contributed by atoms with Crippen molar-refractivity contribution in [1.82, 2.24) is 10.2 Å². The molecule has 2 aliphatic carbocycles. The number of allylic oxidation sites excluding steroid dienone is 2. The molecule has 2 heterocycles. The van der Waals surface area contributed by atoms with Gasteiger partial charge in [0.1, 0.15) is 0 Å². The lowest BCUT2D eigenvalue weighted by atomic mass is 9.98. The standard InChI is InChI=1S/C16H18N2O4.C14H16N2O3.C4H6O3/c1-10(19)17-8-13-5-12(6-14(13)9-17)11-3-4-15(18(20)21)16(7-11)22-2;1-19-14-6-9(2-3-13(14)16(17)18)10-4-11-7-15-8-12(11)5-10;1-3(5)7-4(2)6/h3-5,7,13-14H,6,8-9H2,1-2H3;2-4,6,11-12,15H,5,7-8H2,1H3;1-2H3/t13-,14+;11-,12+;/m11./s1. The van der Waals surface area contributed by atoms with Crippen LogP contribution in [0.25, 0.3) is 11.1 Å². The van der Waals surface area contributed by atoms with Gasteiger partial charge >= 0.3 is 23.3 Å². The lowest BCUT2D eigenvalue weighted by molar-refractivity contribution is -0.385. The summed E-state index contributed by atoms with van der Waals surface area (Å²) in [4.78, 5) is 53.9. The average Bonchev–Trinajstić information content (AvgIpc) is 3.81. The molecule has 6 rings (SSSR count). The molecule has 256 valence electrons. The maximum Gasteiger partial charge on any atom is 0.310 e. The predicted molar refractivity (Wildman–Crippen MR) is 176 cm³/mol. The van der Waals surface area contributed by atoms with Crippen molar-refractivity contribution in [3.05, 3.63) is 79.9 Å². The van der Waals surface area contributed by atoms with E-state index in [9.17, 15) is 34.6 Å². The van der Waals surface area contributed by atoms with Gasteiger partial charge in [-0.15, -0.1) is 0 Å². The van der Waals surface area contributed by atoms with E-state index in [1.54, 1.807) is 25.1 Å². The van der Waals surface area contributed by atoms with Gasteiger partial charge in [0.2, 0.25) is 5.91 Å². The number of rotatable bonds is 6. The predicted octanol–water partition coefficient (Wildman–Crippen LogP) is 4.81. The molecule has 0 saturated carbocycles. The number of fused-ring (bicyclic) bond motifs is 2. The molecule has 2 aromatic carbocycles. The van der Waals surface area contributed by atoms with Gasteiger partial charge in [0.15, 0.2) is 11.5 Å². The van der Waals surface area contributed by atoms with Gasteiger partial charge in [0.05, 0.1) is 24.1 Å². The van der Waals surface area contributed by atoms with Gasteiger partial charge in [-0.25, -0.2) is 0 Å². The Kier molecular flexibility index (Phi) is 11.7. The van der Waals surface area contributed by atoms with E-state index in [-0.39, 0.29) is 23.0 Å². The molecule has 0 radical (unpaired) electrons. The van der Waals surface area contributed by atoms with Crippen LogP contribution in [0.4, 0.5) is 11.4 Å². The number of ether oxygens (including phenoxy) is 3. The molecule has 0 bridgehead atoms. The van der Waals surface area contributed by atoms with Crippen LogP contribution in [0.1, 0.15) is 44.7 Å². The van der Waals surface area contributed by atoms with Gasteiger partial charge < -0.3 is 24.4 Å². The molecule has 1 N–H and O–H groups in total. The fourth-order valence-corrected chi connectivity index (χ4v) is 6.64. The molecule has 48 heavy (non-hydrogen) atoms. The van der Waals surface area contributed by atoms with Gasteiger partial charge in [-0.1, -0.05) is 12.2 Å². The number of nitrogens with zero attached hydrogens (tertiary/aromatic N) is 3. The summed E-state index contributed by atoms with van der Waals surface area (Å²) in [5, 5.41) is 25.2. The topological polar surface area (TPSA) is 180 Å². The lowest BCUT2D eigenvalue weighted by Crippen LogP contribution is -2.26. The highest BCUT2D eigenvalue weighted by Crippen LogP contribution is 2.43. The summed E-state index contributed by atoms with van der Waals surface area (Å²) >= 11 is 0. The zero-order chi connectivity index (χ0) is 35.1. The van der Waals surface area contributed by atoms with Gasteiger partial charge in [-0.3, -0.25) is 34.6 Å². The third-order valence-electron chi connectivity index (χ3n) is 8.91. The molecule has 2 saturated heterocycles. The first-order valence-electron chi connectivity index (χ1n) is 15.5. The maximum atomic E-state index is 11.4. The van der Waals surface area contributed by atoms with Crippen LogP contribution < -0.4 is 14.8 Å². The van der Waals surface area contributed by atoms with Crippen molar-refractivity contribution < 1.29 is 38.4 Å². The zero-order valence-corrected chi connectivity index (χ0v) is 27.6. The molecule has 1 amide bonds. The molecule has 4 aliphatic rings. The van der Waals surface area contributed by atoms with E-state index in [2.05, 4.69) is 22.2 Å². The Morgan fingerprint density at radius 3 is 1.65 bits per heavy atom. The maximum absolute atomic E-state index is 11.4. The molecule has 14 nitrogen and oxygen atoms in total. The Hall–Kier alpha value is -5.11. The van der Waals surface area contributed by atoms with Crippen LogP contribution in [-0.4, -0.2) is 73.0 Å². The van der Waals surface area contributed by atoms with E-state index < -0.39 is 21.8 Å². The van der Waals surface area contributed by atoms with Crippen LogP contribution in [0.15, 0.2) is 48.6 Å². The van der Waals surface area contributed by atoms with Crippen molar-refractivity contribution >= 4 is 40.4 Å².